The van der Waals surface area contributed by atoms with E-state index in [1.54, 1.807) is 0 Å². The van der Waals surface area contributed by atoms with E-state index in [1.807, 2.05) is 6.92 Å². The van der Waals surface area contributed by atoms with Gasteiger partial charge in [-0.25, -0.2) is 4.99 Å². The monoisotopic (exact) mass is 454 g/mol. The van der Waals surface area contributed by atoms with E-state index in [2.05, 4.69) is 57.6 Å². The van der Waals surface area contributed by atoms with E-state index in [-0.39, 0.29) is 24.0 Å². The normalized spacial score (nSPS) is 18.1. The van der Waals surface area contributed by atoms with Crippen LogP contribution >= 0.6 is 24.0 Å². The molecule has 1 aliphatic heterocycles. The molecule has 1 aromatic rings. The Bertz CT molecular complexity index is 562. The van der Waals surface area contributed by atoms with E-state index in [9.17, 15) is 0 Å². The Labute approximate surface area is 169 Å². The van der Waals surface area contributed by atoms with Crippen molar-refractivity contribution in [2.45, 2.75) is 52.2 Å². The van der Waals surface area contributed by atoms with Crippen molar-refractivity contribution in [3.05, 3.63) is 35.4 Å². The fraction of sp³-hybridized carbons (Fsp3) is 0.550. The van der Waals surface area contributed by atoms with Gasteiger partial charge in [0.25, 0.3) is 0 Å². The summed E-state index contributed by atoms with van der Waals surface area (Å²) in [5, 5.41) is 6.30. The number of nitrogens with one attached hydrogen (secondary N) is 2. The number of rotatable bonds is 6. The highest BCUT2D eigenvalue weighted by Gasteiger charge is 2.17. The third kappa shape index (κ3) is 7.66. The minimum Gasteiger partial charge on any atom is -0.357 e. The predicted octanol–water partition coefficient (Wildman–Crippen LogP) is 3.37. The average molecular weight is 454 g/mol. The molecule has 1 atom stereocenters. The highest BCUT2D eigenvalue weighted by Crippen LogP contribution is 2.19. The summed E-state index contributed by atoms with van der Waals surface area (Å²) in [6, 6.07) is 9.52. The molecule has 0 radical (unpaired) electrons. The van der Waals surface area contributed by atoms with Crippen LogP contribution in [0.4, 0.5) is 0 Å². The first kappa shape index (κ1) is 21.8. The second-order valence-electron chi connectivity index (χ2n) is 6.38. The number of piperidine rings is 1. The molecule has 1 aromatic carbocycles. The topological polar surface area (TPSA) is 39.7 Å². The number of hydrogen-bond donors (Lipinski definition) is 2. The van der Waals surface area contributed by atoms with Crippen molar-refractivity contribution >= 4 is 29.9 Å². The summed E-state index contributed by atoms with van der Waals surface area (Å²) in [5.41, 5.74) is 2.59. The number of nitrogens with zero attached hydrogens (tertiary/aromatic N) is 2. The Morgan fingerprint density at radius 2 is 1.96 bits per heavy atom. The molecule has 0 spiro atoms. The molecule has 138 valence electrons. The fourth-order valence-corrected chi connectivity index (χ4v) is 3.02. The van der Waals surface area contributed by atoms with E-state index < -0.39 is 0 Å². The van der Waals surface area contributed by atoms with Crippen molar-refractivity contribution in [1.82, 2.24) is 15.5 Å². The number of benzene rings is 1. The molecule has 2 rings (SSSR count). The summed E-state index contributed by atoms with van der Waals surface area (Å²) in [4.78, 5) is 7.15. The lowest BCUT2D eigenvalue weighted by atomic mass is 10.0. The Kier molecular flexibility index (Phi) is 10.6. The Hall–Kier alpha value is -1.26. The first-order chi connectivity index (χ1) is 11.7. The minimum atomic E-state index is 0. The molecule has 1 fully saturated rings. The number of likely N-dealkylation sites (tertiary alicyclic amines) is 1. The van der Waals surface area contributed by atoms with Gasteiger partial charge in [0.2, 0.25) is 0 Å². The van der Waals surface area contributed by atoms with Gasteiger partial charge in [-0.3, -0.25) is 4.90 Å². The van der Waals surface area contributed by atoms with Gasteiger partial charge in [-0.2, -0.15) is 0 Å². The van der Waals surface area contributed by atoms with Crippen molar-refractivity contribution in [2.75, 3.05) is 19.6 Å². The highest BCUT2D eigenvalue weighted by atomic mass is 127. The molecule has 1 saturated heterocycles. The molecular formula is C20H31IN4. The first-order valence-electron chi connectivity index (χ1n) is 9.00. The third-order valence-electron chi connectivity index (χ3n) is 4.47. The summed E-state index contributed by atoms with van der Waals surface area (Å²) >= 11 is 0. The molecule has 5 heteroatoms. The number of guanidine groups is 1. The van der Waals surface area contributed by atoms with Crippen molar-refractivity contribution in [2.24, 2.45) is 4.99 Å². The summed E-state index contributed by atoms with van der Waals surface area (Å²) in [7, 11) is 0. The zero-order valence-corrected chi connectivity index (χ0v) is 17.8. The van der Waals surface area contributed by atoms with Gasteiger partial charge in [-0.1, -0.05) is 36.6 Å². The van der Waals surface area contributed by atoms with Gasteiger partial charge >= 0.3 is 0 Å². The number of hydrogen-bond acceptors (Lipinski definition) is 2. The highest BCUT2D eigenvalue weighted by molar-refractivity contribution is 14.0. The van der Waals surface area contributed by atoms with Crippen molar-refractivity contribution in [3.63, 3.8) is 0 Å². The second kappa shape index (κ2) is 12.2. The van der Waals surface area contributed by atoms with E-state index in [4.69, 9.17) is 6.42 Å². The summed E-state index contributed by atoms with van der Waals surface area (Å²) in [6.07, 6.45) is 9.31. The summed E-state index contributed by atoms with van der Waals surface area (Å²) in [6.45, 7) is 8.62. The maximum Gasteiger partial charge on any atom is 0.192 e. The van der Waals surface area contributed by atoms with Gasteiger partial charge in [-0.05, 0) is 44.4 Å². The van der Waals surface area contributed by atoms with Crippen LogP contribution in [0, 0.1) is 12.3 Å². The summed E-state index contributed by atoms with van der Waals surface area (Å²) < 4.78 is 0. The van der Waals surface area contributed by atoms with Crippen molar-refractivity contribution < 1.29 is 0 Å². The van der Waals surface area contributed by atoms with Gasteiger partial charge in [0.1, 0.15) is 0 Å². The fourth-order valence-electron chi connectivity index (χ4n) is 3.02. The van der Waals surface area contributed by atoms with Gasteiger partial charge in [0.05, 0.1) is 13.1 Å². The molecule has 1 unspecified atom stereocenters. The predicted molar refractivity (Wildman–Crippen MR) is 117 cm³/mol. The molecule has 0 amide bonds. The molecule has 2 N–H and O–H groups in total. The molecule has 1 heterocycles. The standard InChI is InChI=1S/C20H30N4.HI/c1-4-13-22-20(21-5-2)23-15-18-9-11-19(12-10-18)16-24-14-7-6-8-17(24)3;/h1,9-12,17H,5-8,13-16H2,2-3H3,(H2,21,22,23);1H. The van der Waals surface area contributed by atoms with Crippen molar-refractivity contribution in [3.8, 4) is 12.3 Å². The lowest BCUT2D eigenvalue weighted by Crippen LogP contribution is -2.37. The smallest absolute Gasteiger partial charge is 0.192 e. The Morgan fingerprint density at radius 3 is 2.60 bits per heavy atom. The molecular weight excluding hydrogens is 423 g/mol. The van der Waals surface area contributed by atoms with Crippen LogP contribution in [-0.4, -0.2) is 36.5 Å². The Morgan fingerprint density at radius 1 is 1.24 bits per heavy atom. The molecule has 0 bridgehead atoms. The number of halogens is 1. The zero-order valence-electron chi connectivity index (χ0n) is 15.4. The Balaban J connectivity index is 0.00000312. The molecule has 0 aromatic heterocycles. The zero-order chi connectivity index (χ0) is 17.2. The molecule has 0 aliphatic carbocycles. The molecule has 4 nitrogen and oxygen atoms in total. The third-order valence-corrected chi connectivity index (χ3v) is 4.47. The summed E-state index contributed by atoms with van der Waals surface area (Å²) in [5.74, 6) is 3.33. The van der Waals surface area contributed by atoms with Gasteiger partial charge in [-0.15, -0.1) is 30.4 Å². The van der Waals surface area contributed by atoms with Gasteiger partial charge in [0, 0.05) is 19.1 Å². The van der Waals surface area contributed by atoms with Crippen LogP contribution in [0.25, 0.3) is 0 Å². The van der Waals surface area contributed by atoms with E-state index in [0.717, 1.165) is 19.0 Å². The molecule has 0 saturated carbocycles. The van der Waals surface area contributed by atoms with Crippen LogP contribution in [0.3, 0.4) is 0 Å². The lowest BCUT2D eigenvalue weighted by Gasteiger charge is -2.33. The second-order valence-corrected chi connectivity index (χ2v) is 6.38. The van der Waals surface area contributed by atoms with Gasteiger partial charge < -0.3 is 10.6 Å². The van der Waals surface area contributed by atoms with Crippen LogP contribution in [-0.2, 0) is 13.1 Å². The first-order valence-corrected chi connectivity index (χ1v) is 9.00. The van der Waals surface area contributed by atoms with Crippen LogP contribution in [0.15, 0.2) is 29.3 Å². The van der Waals surface area contributed by atoms with Crippen molar-refractivity contribution in [1.29, 1.82) is 0 Å². The SMILES string of the molecule is C#CCNC(=NCc1ccc(CN2CCCCC2C)cc1)NCC.I. The lowest BCUT2D eigenvalue weighted by molar-refractivity contribution is 0.152. The number of aliphatic imine (C=N–C) groups is 1. The quantitative estimate of drug-likeness (QED) is 0.300. The maximum absolute atomic E-state index is 5.28. The van der Waals surface area contributed by atoms with Gasteiger partial charge in [0.15, 0.2) is 5.96 Å². The number of terminal acetylenes is 1. The van der Waals surface area contributed by atoms with Crippen LogP contribution in [0.5, 0.6) is 0 Å². The van der Waals surface area contributed by atoms with Crippen LogP contribution in [0.2, 0.25) is 0 Å². The van der Waals surface area contributed by atoms with Crippen LogP contribution < -0.4 is 10.6 Å². The van der Waals surface area contributed by atoms with E-state index in [0.29, 0.717) is 19.1 Å². The largest absolute Gasteiger partial charge is 0.357 e. The molecule has 25 heavy (non-hydrogen) atoms. The van der Waals surface area contributed by atoms with Crippen LogP contribution in [0.1, 0.15) is 44.2 Å². The minimum absolute atomic E-state index is 0. The average Bonchev–Trinajstić information content (AvgIpc) is 2.60. The molecule has 1 aliphatic rings. The van der Waals surface area contributed by atoms with E-state index in [1.165, 1.54) is 36.9 Å². The maximum atomic E-state index is 5.28. The van der Waals surface area contributed by atoms with E-state index >= 15 is 0 Å².